The molecular weight excluding hydrogens is 301 g/mol. The van der Waals surface area contributed by atoms with Gasteiger partial charge in [0.15, 0.2) is 17.2 Å². The number of fused-ring (bicyclic) bond motifs is 1. The van der Waals surface area contributed by atoms with Crippen LogP contribution in [0.3, 0.4) is 0 Å². The standard InChI is InChI=1S/C16H14FN3O3/c1-10-14(15-18-6-3-7-20(15)19-10)16(21)23-9-11-4-5-13(22-2)12(17)8-11/h3-8H,9H2,1-2H3. The monoisotopic (exact) mass is 315 g/mol. The number of carbonyl (C=O) groups is 1. The zero-order valence-corrected chi connectivity index (χ0v) is 12.6. The van der Waals surface area contributed by atoms with Gasteiger partial charge in [0, 0.05) is 12.4 Å². The van der Waals surface area contributed by atoms with Crippen molar-refractivity contribution in [1.29, 1.82) is 0 Å². The quantitative estimate of drug-likeness (QED) is 0.692. The van der Waals surface area contributed by atoms with E-state index in [9.17, 15) is 9.18 Å². The third kappa shape index (κ3) is 2.85. The third-order valence-electron chi connectivity index (χ3n) is 3.36. The first-order valence-corrected chi connectivity index (χ1v) is 6.89. The largest absolute Gasteiger partial charge is 0.494 e. The maximum atomic E-state index is 13.6. The summed E-state index contributed by atoms with van der Waals surface area (Å²) in [5, 5.41) is 4.20. The molecule has 23 heavy (non-hydrogen) atoms. The first-order valence-electron chi connectivity index (χ1n) is 6.89. The average molecular weight is 315 g/mol. The van der Waals surface area contributed by atoms with Gasteiger partial charge in [-0.15, -0.1) is 0 Å². The summed E-state index contributed by atoms with van der Waals surface area (Å²) in [5.74, 6) is -0.912. The predicted molar refractivity (Wildman–Crippen MR) is 79.8 cm³/mol. The summed E-state index contributed by atoms with van der Waals surface area (Å²) in [7, 11) is 1.39. The Morgan fingerprint density at radius 2 is 2.22 bits per heavy atom. The number of halogens is 1. The molecule has 0 bridgehead atoms. The summed E-state index contributed by atoms with van der Waals surface area (Å²) < 4.78 is 25.2. The molecule has 0 aliphatic heterocycles. The molecule has 0 saturated carbocycles. The third-order valence-corrected chi connectivity index (χ3v) is 3.36. The van der Waals surface area contributed by atoms with E-state index in [1.54, 1.807) is 31.5 Å². The van der Waals surface area contributed by atoms with Gasteiger partial charge < -0.3 is 9.47 Å². The molecule has 0 aliphatic carbocycles. The number of aryl methyl sites for hydroxylation is 1. The minimum Gasteiger partial charge on any atom is -0.494 e. The molecule has 118 valence electrons. The Hall–Kier alpha value is -2.96. The van der Waals surface area contributed by atoms with Crippen LogP contribution in [0.1, 0.15) is 21.6 Å². The van der Waals surface area contributed by atoms with Crippen LogP contribution >= 0.6 is 0 Å². The number of ether oxygens (including phenoxy) is 2. The molecule has 0 aliphatic rings. The normalized spacial score (nSPS) is 10.7. The molecular formula is C16H14FN3O3. The van der Waals surface area contributed by atoms with Crippen LogP contribution in [-0.4, -0.2) is 27.7 Å². The first-order chi connectivity index (χ1) is 11.1. The number of aromatic nitrogens is 3. The highest BCUT2D eigenvalue weighted by atomic mass is 19.1. The van der Waals surface area contributed by atoms with E-state index in [4.69, 9.17) is 9.47 Å². The molecule has 0 saturated heterocycles. The minimum atomic E-state index is -0.549. The SMILES string of the molecule is COc1ccc(COC(=O)c2c(C)nn3cccnc23)cc1F. The van der Waals surface area contributed by atoms with Crippen molar-refractivity contribution < 1.29 is 18.7 Å². The van der Waals surface area contributed by atoms with Crippen LogP contribution in [0.5, 0.6) is 5.75 Å². The molecule has 7 heteroatoms. The summed E-state index contributed by atoms with van der Waals surface area (Å²) in [4.78, 5) is 16.4. The van der Waals surface area contributed by atoms with Gasteiger partial charge >= 0.3 is 5.97 Å². The number of methoxy groups -OCH3 is 1. The predicted octanol–water partition coefficient (Wildman–Crippen LogP) is 2.54. The summed E-state index contributed by atoms with van der Waals surface area (Å²) in [6, 6.07) is 6.11. The van der Waals surface area contributed by atoms with E-state index in [1.165, 1.54) is 23.8 Å². The second-order valence-corrected chi connectivity index (χ2v) is 4.89. The summed E-state index contributed by atoms with van der Waals surface area (Å²) >= 11 is 0. The average Bonchev–Trinajstić information content (AvgIpc) is 2.88. The topological polar surface area (TPSA) is 65.7 Å². The zero-order chi connectivity index (χ0) is 16.4. The molecule has 0 amide bonds. The highest BCUT2D eigenvalue weighted by Crippen LogP contribution is 2.19. The second-order valence-electron chi connectivity index (χ2n) is 4.89. The molecule has 6 nitrogen and oxygen atoms in total. The second kappa shape index (κ2) is 6.04. The van der Waals surface area contributed by atoms with Gasteiger partial charge in [0.2, 0.25) is 0 Å². The lowest BCUT2D eigenvalue weighted by Gasteiger charge is -2.06. The molecule has 0 fully saturated rings. The minimum absolute atomic E-state index is 0.0522. The van der Waals surface area contributed by atoms with Gasteiger partial charge in [-0.3, -0.25) is 0 Å². The molecule has 0 spiro atoms. The van der Waals surface area contributed by atoms with Crippen LogP contribution in [0.25, 0.3) is 5.65 Å². The maximum Gasteiger partial charge on any atom is 0.344 e. The molecule has 1 aromatic carbocycles. The highest BCUT2D eigenvalue weighted by Gasteiger charge is 2.19. The fourth-order valence-electron chi connectivity index (χ4n) is 2.26. The van der Waals surface area contributed by atoms with E-state index in [-0.39, 0.29) is 12.4 Å². The van der Waals surface area contributed by atoms with Crippen molar-refractivity contribution in [2.45, 2.75) is 13.5 Å². The van der Waals surface area contributed by atoms with Crippen LogP contribution in [0.4, 0.5) is 4.39 Å². The van der Waals surface area contributed by atoms with Crippen molar-refractivity contribution in [2.24, 2.45) is 0 Å². The van der Waals surface area contributed by atoms with Crippen molar-refractivity contribution in [3.05, 3.63) is 59.3 Å². The number of carbonyl (C=O) groups excluding carboxylic acids is 1. The van der Waals surface area contributed by atoms with Gasteiger partial charge in [0.05, 0.1) is 12.8 Å². The lowest BCUT2D eigenvalue weighted by atomic mass is 10.2. The fraction of sp³-hybridized carbons (Fsp3) is 0.188. The molecule has 0 unspecified atom stereocenters. The Bertz CT molecular complexity index is 876. The van der Waals surface area contributed by atoms with E-state index < -0.39 is 11.8 Å². The lowest BCUT2D eigenvalue weighted by Crippen LogP contribution is -2.07. The van der Waals surface area contributed by atoms with Crippen molar-refractivity contribution in [3.63, 3.8) is 0 Å². The molecule has 3 aromatic rings. The molecule has 0 radical (unpaired) electrons. The molecule has 0 atom stereocenters. The summed E-state index contributed by atoms with van der Waals surface area (Å²) in [6.45, 7) is 1.65. The number of nitrogens with zero attached hydrogens (tertiary/aromatic N) is 3. The van der Waals surface area contributed by atoms with Crippen molar-refractivity contribution in [2.75, 3.05) is 7.11 Å². The van der Waals surface area contributed by atoms with Gasteiger partial charge in [-0.1, -0.05) is 6.07 Å². The summed E-state index contributed by atoms with van der Waals surface area (Å²) in [5.41, 5.74) is 1.78. The fourth-order valence-corrected chi connectivity index (χ4v) is 2.26. The van der Waals surface area contributed by atoms with E-state index in [0.717, 1.165) is 0 Å². The number of hydrogen-bond acceptors (Lipinski definition) is 5. The van der Waals surface area contributed by atoms with Gasteiger partial charge in [-0.25, -0.2) is 18.7 Å². The smallest absolute Gasteiger partial charge is 0.344 e. The van der Waals surface area contributed by atoms with Crippen LogP contribution in [0.2, 0.25) is 0 Å². The van der Waals surface area contributed by atoms with Gasteiger partial charge in [0.1, 0.15) is 12.2 Å². The molecule has 2 aromatic heterocycles. The first kappa shape index (κ1) is 15.0. The molecule has 2 heterocycles. The Kier molecular flexibility index (Phi) is 3.92. The van der Waals surface area contributed by atoms with E-state index in [0.29, 0.717) is 22.5 Å². The molecule has 3 rings (SSSR count). The highest BCUT2D eigenvalue weighted by molar-refractivity contribution is 5.97. The van der Waals surface area contributed by atoms with E-state index in [1.807, 2.05) is 0 Å². The zero-order valence-electron chi connectivity index (χ0n) is 12.6. The van der Waals surface area contributed by atoms with Crippen molar-refractivity contribution in [3.8, 4) is 5.75 Å². The number of hydrogen-bond donors (Lipinski definition) is 0. The number of rotatable bonds is 4. The number of esters is 1. The van der Waals surface area contributed by atoms with E-state index in [2.05, 4.69) is 10.1 Å². The van der Waals surface area contributed by atoms with Gasteiger partial charge in [0.25, 0.3) is 0 Å². The van der Waals surface area contributed by atoms with Gasteiger partial charge in [-0.2, -0.15) is 5.10 Å². The Labute approximate surface area is 131 Å². The van der Waals surface area contributed by atoms with Crippen LogP contribution in [0, 0.1) is 12.7 Å². The Morgan fingerprint density at radius 1 is 1.39 bits per heavy atom. The Morgan fingerprint density at radius 3 is 2.96 bits per heavy atom. The maximum absolute atomic E-state index is 13.6. The van der Waals surface area contributed by atoms with Gasteiger partial charge in [-0.05, 0) is 30.7 Å². The van der Waals surface area contributed by atoms with Crippen LogP contribution < -0.4 is 4.74 Å². The summed E-state index contributed by atoms with van der Waals surface area (Å²) in [6.07, 6.45) is 3.27. The van der Waals surface area contributed by atoms with Crippen molar-refractivity contribution >= 4 is 11.6 Å². The number of benzene rings is 1. The Balaban J connectivity index is 1.79. The van der Waals surface area contributed by atoms with Crippen molar-refractivity contribution in [1.82, 2.24) is 14.6 Å². The van der Waals surface area contributed by atoms with Crippen LogP contribution in [-0.2, 0) is 11.3 Å². The van der Waals surface area contributed by atoms with E-state index >= 15 is 0 Å². The van der Waals surface area contributed by atoms with Crippen LogP contribution in [0.15, 0.2) is 36.7 Å². The lowest BCUT2D eigenvalue weighted by molar-refractivity contribution is 0.0473. The molecule has 0 N–H and O–H groups in total.